The van der Waals surface area contributed by atoms with Gasteiger partial charge in [0.05, 0.1) is 7.11 Å². The normalized spacial score (nSPS) is 11.8. The number of hydrogen-bond acceptors (Lipinski definition) is 6. The van der Waals surface area contributed by atoms with Crippen LogP contribution in [0, 0.1) is 0 Å². The van der Waals surface area contributed by atoms with Crippen molar-refractivity contribution >= 4 is 21.9 Å². The van der Waals surface area contributed by atoms with Crippen molar-refractivity contribution in [3.63, 3.8) is 0 Å². The average molecular weight is 329 g/mol. The predicted octanol–water partition coefficient (Wildman–Crippen LogP) is -0.182. The number of methoxy groups -OCH3 is 1. The van der Waals surface area contributed by atoms with Gasteiger partial charge >= 0.3 is 5.97 Å². The highest BCUT2D eigenvalue weighted by molar-refractivity contribution is 7.89. The Hall–Kier alpha value is -2.00. The SMILES string of the molecule is COC(=O)C(C)(C)NC(=O)CCNS(=O)(=O)c1cccnc1. The molecule has 1 aromatic heterocycles. The maximum atomic E-state index is 11.9. The summed E-state index contributed by atoms with van der Waals surface area (Å²) in [6.45, 7) is 2.90. The fourth-order valence-corrected chi connectivity index (χ4v) is 2.60. The van der Waals surface area contributed by atoms with Crippen LogP contribution in [0.5, 0.6) is 0 Å². The first-order chi connectivity index (χ1) is 10.2. The zero-order valence-corrected chi connectivity index (χ0v) is 13.4. The number of hydrogen-bond donors (Lipinski definition) is 2. The molecule has 1 amide bonds. The number of pyridine rings is 1. The Labute approximate surface area is 129 Å². The van der Waals surface area contributed by atoms with E-state index in [2.05, 4.69) is 19.8 Å². The molecule has 22 heavy (non-hydrogen) atoms. The highest BCUT2D eigenvalue weighted by Crippen LogP contribution is 2.06. The number of ether oxygens (including phenoxy) is 1. The maximum absolute atomic E-state index is 11.9. The average Bonchev–Trinajstić information content (AvgIpc) is 2.46. The van der Waals surface area contributed by atoms with Crippen molar-refractivity contribution < 1.29 is 22.7 Å². The Balaban J connectivity index is 2.51. The van der Waals surface area contributed by atoms with Gasteiger partial charge in [-0.2, -0.15) is 0 Å². The largest absolute Gasteiger partial charge is 0.467 e. The van der Waals surface area contributed by atoms with E-state index in [9.17, 15) is 18.0 Å². The molecule has 0 saturated carbocycles. The minimum absolute atomic E-state index is 0.0188. The van der Waals surface area contributed by atoms with E-state index in [4.69, 9.17) is 0 Å². The van der Waals surface area contributed by atoms with Crippen LogP contribution < -0.4 is 10.0 Å². The van der Waals surface area contributed by atoms with Crippen molar-refractivity contribution in [1.29, 1.82) is 0 Å². The number of esters is 1. The van der Waals surface area contributed by atoms with E-state index in [0.29, 0.717) is 0 Å². The fourth-order valence-electron chi connectivity index (χ4n) is 1.61. The lowest BCUT2D eigenvalue weighted by Gasteiger charge is -2.23. The maximum Gasteiger partial charge on any atom is 0.330 e. The van der Waals surface area contributed by atoms with Gasteiger partial charge in [0, 0.05) is 25.4 Å². The van der Waals surface area contributed by atoms with Crippen molar-refractivity contribution in [2.24, 2.45) is 0 Å². The van der Waals surface area contributed by atoms with E-state index < -0.39 is 27.4 Å². The van der Waals surface area contributed by atoms with Gasteiger partial charge in [-0.15, -0.1) is 0 Å². The lowest BCUT2D eigenvalue weighted by atomic mass is 10.1. The zero-order chi connectivity index (χ0) is 16.8. The van der Waals surface area contributed by atoms with Gasteiger partial charge in [-0.05, 0) is 26.0 Å². The fraction of sp³-hybridized carbons (Fsp3) is 0.462. The van der Waals surface area contributed by atoms with E-state index in [1.807, 2.05) is 0 Å². The summed E-state index contributed by atoms with van der Waals surface area (Å²) in [7, 11) is -2.48. The third-order valence-electron chi connectivity index (χ3n) is 2.74. The van der Waals surface area contributed by atoms with Crippen LogP contribution in [0.3, 0.4) is 0 Å². The van der Waals surface area contributed by atoms with Gasteiger partial charge in [0.1, 0.15) is 10.4 Å². The van der Waals surface area contributed by atoms with E-state index in [-0.39, 0.29) is 17.9 Å². The molecule has 122 valence electrons. The third kappa shape index (κ3) is 5.08. The number of nitrogens with one attached hydrogen (secondary N) is 2. The molecule has 1 heterocycles. The molecule has 0 atom stereocenters. The van der Waals surface area contributed by atoms with Gasteiger partial charge < -0.3 is 10.1 Å². The smallest absolute Gasteiger partial charge is 0.330 e. The molecule has 1 rings (SSSR count). The number of carbonyl (C=O) groups excluding carboxylic acids is 2. The quantitative estimate of drug-likeness (QED) is 0.671. The molecule has 0 spiro atoms. The van der Waals surface area contributed by atoms with Crippen LogP contribution in [0.25, 0.3) is 0 Å². The molecular weight excluding hydrogens is 310 g/mol. The molecule has 0 bridgehead atoms. The van der Waals surface area contributed by atoms with Crippen LogP contribution in [-0.2, 0) is 24.3 Å². The Morgan fingerprint density at radius 1 is 1.36 bits per heavy atom. The van der Waals surface area contributed by atoms with Crippen LogP contribution >= 0.6 is 0 Å². The summed E-state index contributed by atoms with van der Waals surface area (Å²) in [4.78, 5) is 26.9. The number of carbonyl (C=O) groups is 2. The number of rotatable bonds is 7. The molecule has 9 heteroatoms. The number of aromatic nitrogens is 1. The predicted molar refractivity (Wildman–Crippen MR) is 78.3 cm³/mol. The van der Waals surface area contributed by atoms with Gasteiger partial charge in [0.15, 0.2) is 0 Å². The highest BCUT2D eigenvalue weighted by atomic mass is 32.2. The molecule has 0 radical (unpaired) electrons. The highest BCUT2D eigenvalue weighted by Gasteiger charge is 2.30. The second-order valence-corrected chi connectivity index (χ2v) is 6.77. The summed E-state index contributed by atoms with van der Waals surface area (Å²) >= 11 is 0. The number of sulfonamides is 1. The topological polar surface area (TPSA) is 114 Å². The Bertz CT molecular complexity index is 628. The van der Waals surface area contributed by atoms with Gasteiger partial charge in [0.2, 0.25) is 15.9 Å². The van der Waals surface area contributed by atoms with Crippen molar-refractivity contribution in [2.45, 2.75) is 30.7 Å². The van der Waals surface area contributed by atoms with Gasteiger partial charge in [0.25, 0.3) is 0 Å². The molecule has 0 aliphatic carbocycles. The molecule has 0 aliphatic rings. The van der Waals surface area contributed by atoms with Gasteiger partial charge in [-0.3, -0.25) is 9.78 Å². The van der Waals surface area contributed by atoms with E-state index in [1.54, 1.807) is 0 Å². The van der Waals surface area contributed by atoms with E-state index in [1.165, 1.54) is 45.5 Å². The van der Waals surface area contributed by atoms with Gasteiger partial charge in [-0.25, -0.2) is 17.9 Å². The van der Waals surface area contributed by atoms with Crippen molar-refractivity contribution in [1.82, 2.24) is 15.0 Å². The second-order valence-electron chi connectivity index (χ2n) is 5.00. The van der Waals surface area contributed by atoms with Gasteiger partial charge in [-0.1, -0.05) is 0 Å². The summed E-state index contributed by atoms with van der Waals surface area (Å²) in [6.07, 6.45) is 2.56. The number of amides is 1. The van der Waals surface area contributed by atoms with Crippen LogP contribution in [0.15, 0.2) is 29.4 Å². The first-order valence-electron chi connectivity index (χ1n) is 6.48. The minimum atomic E-state index is -3.70. The molecular formula is C13H19N3O5S. The van der Waals surface area contributed by atoms with Crippen LogP contribution in [0.2, 0.25) is 0 Å². The summed E-state index contributed by atoms with van der Waals surface area (Å²) < 4.78 is 30.6. The van der Waals surface area contributed by atoms with Crippen molar-refractivity contribution in [3.05, 3.63) is 24.5 Å². The lowest BCUT2D eigenvalue weighted by molar-refractivity contribution is -0.149. The van der Waals surface area contributed by atoms with Crippen molar-refractivity contribution in [3.8, 4) is 0 Å². The first-order valence-corrected chi connectivity index (χ1v) is 7.96. The van der Waals surface area contributed by atoms with E-state index >= 15 is 0 Å². The van der Waals surface area contributed by atoms with Crippen LogP contribution in [0.1, 0.15) is 20.3 Å². The Kier molecular flexibility index (Phi) is 6.01. The van der Waals surface area contributed by atoms with E-state index in [0.717, 1.165) is 0 Å². The molecule has 0 aliphatic heterocycles. The number of nitrogens with zero attached hydrogens (tertiary/aromatic N) is 1. The van der Waals surface area contributed by atoms with Crippen LogP contribution in [-0.4, -0.2) is 44.5 Å². The third-order valence-corrected chi connectivity index (χ3v) is 4.18. The minimum Gasteiger partial charge on any atom is -0.467 e. The summed E-state index contributed by atoms with van der Waals surface area (Å²) in [5.41, 5.74) is -1.17. The molecule has 8 nitrogen and oxygen atoms in total. The zero-order valence-electron chi connectivity index (χ0n) is 12.6. The first kappa shape index (κ1) is 18.1. The monoisotopic (exact) mass is 329 g/mol. The summed E-state index contributed by atoms with van der Waals surface area (Å²) in [6, 6.07) is 2.90. The lowest BCUT2D eigenvalue weighted by Crippen LogP contribution is -2.50. The molecule has 0 saturated heterocycles. The molecule has 0 aromatic carbocycles. The van der Waals surface area contributed by atoms with Crippen molar-refractivity contribution in [2.75, 3.05) is 13.7 Å². The summed E-state index contributed by atoms with van der Waals surface area (Å²) in [5, 5.41) is 2.47. The molecule has 1 aromatic rings. The Morgan fingerprint density at radius 3 is 2.59 bits per heavy atom. The molecule has 2 N–H and O–H groups in total. The summed E-state index contributed by atoms with van der Waals surface area (Å²) in [5.74, 6) is -1.05. The molecule has 0 fully saturated rings. The molecule has 0 unspecified atom stereocenters. The van der Waals surface area contributed by atoms with Crippen LogP contribution in [0.4, 0.5) is 0 Å². The standard InChI is InChI=1S/C13H19N3O5S/c1-13(2,12(18)21-3)16-11(17)6-8-15-22(19,20)10-5-4-7-14-9-10/h4-5,7,9,15H,6,8H2,1-3H3,(H,16,17). The Morgan fingerprint density at radius 2 is 2.05 bits per heavy atom. The second kappa shape index (κ2) is 7.32.